The fourth-order valence-electron chi connectivity index (χ4n) is 1.19. The highest BCUT2D eigenvalue weighted by atomic mass is 19.2. The summed E-state index contributed by atoms with van der Waals surface area (Å²) >= 11 is 0. The fourth-order valence-corrected chi connectivity index (χ4v) is 1.19. The molecule has 0 bridgehead atoms. The molecule has 0 aliphatic carbocycles. The first-order valence-electron chi connectivity index (χ1n) is 4.73. The van der Waals surface area contributed by atoms with Crippen LogP contribution >= 0.6 is 0 Å². The Morgan fingerprint density at radius 1 is 1.12 bits per heavy atom. The zero-order valence-corrected chi connectivity index (χ0v) is 8.79. The molecule has 0 heterocycles. The molecule has 0 unspecified atom stereocenters. The molecular formula is C14H12F2. The molecular weight excluding hydrogens is 206 g/mol. The minimum Gasteiger partial charge on any atom is -0.212 e. The number of benzene rings is 1. The van der Waals surface area contributed by atoms with Gasteiger partial charge >= 0.3 is 0 Å². The maximum Gasteiger partial charge on any atom is 0.158 e. The predicted molar refractivity (Wildman–Crippen MR) is 65.0 cm³/mol. The molecule has 0 aromatic heterocycles. The predicted octanol–water partition coefficient (Wildman–Crippen LogP) is 4.68. The molecule has 1 aromatic rings. The van der Waals surface area contributed by atoms with Crippen LogP contribution in [0.1, 0.15) is 11.1 Å². The van der Waals surface area contributed by atoms with E-state index in [1.807, 2.05) is 0 Å². The quantitative estimate of drug-likeness (QED) is 0.644. The summed E-state index contributed by atoms with van der Waals surface area (Å²) in [6, 6.07) is 6.39. The Balaban J connectivity index is 2.91. The number of rotatable bonds is 4. The van der Waals surface area contributed by atoms with Gasteiger partial charge in [0.25, 0.3) is 0 Å². The minimum absolute atomic E-state index is 0.0541. The van der Waals surface area contributed by atoms with Crippen LogP contribution in [0.3, 0.4) is 0 Å². The van der Waals surface area contributed by atoms with Crippen molar-refractivity contribution in [1.29, 1.82) is 0 Å². The molecule has 0 radical (unpaired) electrons. The van der Waals surface area contributed by atoms with Crippen LogP contribution in [0.15, 0.2) is 62.0 Å². The maximum absolute atomic E-state index is 12.8. The third-order valence-electron chi connectivity index (χ3n) is 2.06. The van der Waals surface area contributed by atoms with E-state index in [0.717, 1.165) is 11.1 Å². The van der Waals surface area contributed by atoms with Crippen molar-refractivity contribution in [2.45, 2.75) is 0 Å². The summed E-state index contributed by atoms with van der Waals surface area (Å²) < 4.78 is 24.8. The third kappa shape index (κ3) is 3.02. The van der Waals surface area contributed by atoms with Crippen LogP contribution < -0.4 is 0 Å². The van der Waals surface area contributed by atoms with Crippen LogP contribution in [0.25, 0.3) is 11.4 Å². The number of allylic oxidation sites excluding steroid dienone is 4. The number of hydrogen-bond donors (Lipinski definition) is 0. The van der Waals surface area contributed by atoms with Crippen LogP contribution in [0, 0.1) is 0 Å². The van der Waals surface area contributed by atoms with Crippen LogP contribution in [0.2, 0.25) is 0 Å². The first-order valence-corrected chi connectivity index (χ1v) is 4.73. The van der Waals surface area contributed by atoms with E-state index in [1.54, 1.807) is 30.4 Å². The highest BCUT2D eigenvalue weighted by Crippen LogP contribution is 2.20. The second-order valence-corrected chi connectivity index (χ2v) is 3.15. The van der Waals surface area contributed by atoms with Crippen molar-refractivity contribution in [2.75, 3.05) is 0 Å². The number of halogens is 2. The molecule has 1 aromatic carbocycles. The lowest BCUT2D eigenvalue weighted by Gasteiger charge is -2.01. The van der Waals surface area contributed by atoms with E-state index in [0.29, 0.717) is 0 Å². The van der Waals surface area contributed by atoms with Gasteiger partial charge in [-0.25, -0.2) is 8.78 Å². The van der Waals surface area contributed by atoms with E-state index < -0.39 is 5.83 Å². The molecule has 82 valence electrons. The molecule has 0 nitrogen and oxygen atoms in total. The van der Waals surface area contributed by atoms with Crippen molar-refractivity contribution in [2.24, 2.45) is 0 Å². The van der Waals surface area contributed by atoms with Crippen molar-refractivity contribution in [3.8, 4) is 0 Å². The molecule has 0 atom stereocenters. The van der Waals surface area contributed by atoms with E-state index >= 15 is 0 Å². The SMILES string of the molecule is C=C/C=C\C(=C)c1ccc(/C(F)=C\F)cc1. The van der Waals surface area contributed by atoms with Crippen LogP contribution in [0.4, 0.5) is 8.78 Å². The van der Waals surface area contributed by atoms with E-state index in [4.69, 9.17) is 0 Å². The monoisotopic (exact) mass is 218 g/mol. The Labute approximate surface area is 93.9 Å². The van der Waals surface area contributed by atoms with E-state index in [9.17, 15) is 8.78 Å². The topological polar surface area (TPSA) is 0 Å². The summed E-state index contributed by atoms with van der Waals surface area (Å²) in [5, 5.41) is 0. The van der Waals surface area contributed by atoms with E-state index in [1.165, 1.54) is 12.1 Å². The highest BCUT2D eigenvalue weighted by Gasteiger charge is 2.00. The van der Waals surface area contributed by atoms with Crippen molar-refractivity contribution in [1.82, 2.24) is 0 Å². The van der Waals surface area contributed by atoms with Gasteiger partial charge < -0.3 is 0 Å². The van der Waals surface area contributed by atoms with Crippen molar-refractivity contribution >= 4 is 11.4 Å². The molecule has 0 saturated carbocycles. The Morgan fingerprint density at radius 3 is 2.19 bits per heavy atom. The van der Waals surface area contributed by atoms with E-state index in [2.05, 4.69) is 13.2 Å². The van der Waals surface area contributed by atoms with Gasteiger partial charge in [-0.15, -0.1) is 0 Å². The molecule has 0 N–H and O–H groups in total. The highest BCUT2D eigenvalue weighted by molar-refractivity contribution is 5.73. The molecule has 0 aliphatic rings. The third-order valence-corrected chi connectivity index (χ3v) is 2.06. The Morgan fingerprint density at radius 2 is 1.69 bits per heavy atom. The largest absolute Gasteiger partial charge is 0.212 e. The molecule has 16 heavy (non-hydrogen) atoms. The minimum atomic E-state index is -0.876. The smallest absolute Gasteiger partial charge is 0.158 e. The first kappa shape index (κ1) is 12.1. The number of hydrogen-bond acceptors (Lipinski definition) is 0. The summed E-state index contributed by atoms with van der Waals surface area (Å²) in [5.74, 6) is -0.876. The molecule has 0 saturated heterocycles. The molecule has 0 amide bonds. The van der Waals surface area contributed by atoms with Gasteiger partial charge in [0.1, 0.15) is 6.33 Å². The van der Waals surface area contributed by atoms with Gasteiger partial charge in [0, 0.05) is 5.56 Å². The summed E-state index contributed by atoms with van der Waals surface area (Å²) in [5.41, 5.74) is 1.86. The van der Waals surface area contributed by atoms with Gasteiger partial charge in [0.15, 0.2) is 5.83 Å². The molecule has 2 heteroatoms. The Hall–Kier alpha value is -1.96. The normalized spacial score (nSPS) is 11.8. The van der Waals surface area contributed by atoms with Gasteiger partial charge in [-0.2, -0.15) is 0 Å². The Kier molecular flexibility index (Phi) is 4.40. The standard InChI is InChI=1S/C14H12F2/c1-3-4-5-11(2)12-6-8-13(9-7-12)14(16)10-15/h3-10H,1-2H2/b5-4-,14-10+. The van der Waals surface area contributed by atoms with Gasteiger partial charge in [-0.3, -0.25) is 0 Å². The van der Waals surface area contributed by atoms with Gasteiger partial charge in [0.2, 0.25) is 0 Å². The summed E-state index contributed by atoms with van der Waals surface area (Å²) in [4.78, 5) is 0. The van der Waals surface area contributed by atoms with Crippen molar-refractivity contribution < 1.29 is 8.78 Å². The van der Waals surface area contributed by atoms with Crippen molar-refractivity contribution in [3.05, 3.63) is 73.1 Å². The molecule has 0 aliphatic heterocycles. The molecule has 1 rings (SSSR count). The van der Waals surface area contributed by atoms with Gasteiger partial charge in [0.05, 0.1) is 0 Å². The Bertz CT molecular complexity index is 436. The lowest BCUT2D eigenvalue weighted by molar-refractivity contribution is 0.671. The fraction of sp³-hybridized carbons (Fsp3) is 0. The summed E-state index contributed by atoms with van der Waals surface area (Å²) in [6.07, 6.45) is 5.15. The van der Waals surface area contributed by atoms with Crippen LogP contribution in [-0.2, 0) is 0 Å². The van der Waals surface area contributed by atoms with Crippen molar-refractivity contribution in [3.63, 3.8) is 0 Å². The second-order valence-electron chi connectivity index (χ2n) is 3.15. The average Bonchev–Trinajstić information content (AvgIpc) is 2.35. The lowest BCUT2D eigenvalue weighted by Crippen LogP contribution is -1.81. The summed E-state index contributed by atoms with van der Waals surface area (Å²) in [6.45, 7) is 7.39. The molecule has 0 fully saturated rings. The van der Waals surface area contributed by atoms with Gasteiger partial charge in [-0.1, -0.05) is 55.7 Å². The maximum atomic E-state index is 12.8. The molecule has 0 spiro atoms. The zero-order valence-electron chi connectivity index (χ0n) is 8.79. The van der Waals surface area contributed by atoms with Crippen LogP contribution in [-0.4, -0.2) is 0 Å². The summed E-state index contributed by atoms with van der Waals surface area (Å²) in [7, 11) is 0. The van der Waals surface area contributed by atoms with Crippen LogP contribution in [0.5, 0.6) is 0 Å². The first-order chi connectivity index (χ1) is 7.69. The van der Waals surface area contributed by atoms with E-state index in [-0.39, 0.29) is 11.9 Å². The van der Waals surface area contributed by atoms with Gasteiger partial charge in [-0.05, 0) is 11.1 Å². The lowest BCUT2D eigenvalue weighted by atomic mass is 10.0. The second kappa shape index (κ2) is 5.81. The average molecular weight is 218 g/mol. The zero-order chi connectivity index (χ0) is 12.0.